The second-order valence-corrected chi connectivity index (χ2v) is 6.53. The molecule has 0 bridgehead atoms. The molecule has 4 aromatic rings. The average Bonchev–Trinajstić information content (AvgIpc) is 3.46. The van der Waals surface area contributed by atoms with Crippen LogP contribution in [-0.2, 0) is 6.54 Å². The Hall–Kier alpha value is -3.93. The van der Waals surface area contributed by atoms with Gasteiger partial charge in [-0.05, 0) is 18.2 Å². The largest absolute Gasteiger partial charge is 0.472 e. The highest BCUT2D eigenvalue weighted by Crippen LogP contribution is 2.18. The van der Waals surface area contributed by atoms with Crippen LogP contribution in [0.25, 0.3) is 11.1 Å². The average molecular weight is 385 g/mol. The van der Waals surface area contributed by atoms with E-state index in [0.29, 0.717) is 29.8 Å². The minimum atomic E-state index is -0.189. The zero-order valence-corrected chi connectivity index (χ0v) is 15.6. The lowest BCUT2D eigenvalue weighted by Crippen LogP contribution is -2.27. The van der Waals surface area contributed by atoms with E-state index in [9.17, 15) is 9.59 Å². The molecule has 29 heavy (non-hydrogen) atoms. The molecule has 0 atom stereocenters. The summed E-state index contributed by atoms with van der Waals surface area (Å²) in [5, 5.41) is 7.16. The monoisotopic (exact) mass is 385 g/mol. The molecular formula is C23H19N3O3. The summed E-state index contributed by atoms with van der Waals surface area (Å²) in [4.78, 5) is 24.8. The fourth-order valence-corrected chi connectivity index (χ4v) is 2.98. The zero-order chi connectivity index (χ0) is 20.1. The first-order valence-electron chi connectivity index (χ1n) is 9.24. The van der Waals surface area contributed by atoms with Crippen molar-refractivity contribution in [2.24, 2.45) is 0 Å². The second kappa shape index (κ2) is 8.39. The van der Waals surface area contributed by atoms with Crippen LogP contribution in [0.3, 0.4) is 0 Å². The number of nitrogens with zero attached hydrogens (tertiary/aromatic N) is 2. The molecular weight excluding hydrogens is 366 g/mol. The molecule has 2 heterocycles. The number of furan rings is 1. The van der Waals surface area contributed by atoms with Gasteiger partial charge in [0.25, 0.3) is 5.91 Å². The third-order valence-electron chi connectivity index (χ3n) is 4.56. The van der Waals surface area contributed by atoms with Crippen molar-refractivity contribution < 1.29 is 14.0 Å². The van der Waals surface area contributed by atoms with Crippen molar-refractivity contribution in [1.82, 2.24) is 15.1 Å². The first-order chi connectivity index (χ1) is 14.2. The van der Waals surface area contributed by atoms with Gasteiger partial charge in [0.15, 0.2) is 5.78 Å². The number of carbonyl (C=O) groups excluding carboxylic acids is 2. The molecule has 0 aliphatic rings. The molecule has 144 valence electrons. The number of aromatic nitrogens is 2. The normalized spacial score (nSPS) is 10.6. The van der Waals surface area contributed by atoms with Crippen molar-refractivity contribution in [3.8, 4) is 11.1 Å². The maximum atomic E-state index is 12.4. The Morgan fingerprint density at radius 2 is 1.62 bits per heavy atom. The summed E-state index contributed by atoms with van der Waals surface area (Å²) in [6.07, 6.45) is 6.94. The fourth-order valence-electron chi connectivity index (χ4n) is 2.98. The highest BCUT2D eigenvalue weighted by molar-refractivity contribution is 6.09. The van der Waals surface area contributed by atoms with E-state index in [1.165, 1.54) is 0 Å². The number of nitrogens with one attached hydrogen (secondary N) is 1. The standard InChI is InChI=1S/C23H19N3O3/c27-22(17-4-2-1-3-5-17)18-6-8-19(9-7-18)23(28)24-11-12-26-15-21(14-25-26)20-10-13-29-16-20/h1-10,13-16H,11-12H2,(H,24,28). The summed E-state index contributed by atoms with van der Waals surface area (Å²) >= 11 is 0. The van der Waals surface area contributed by atoms with E-state index in [-0.39, 0.29) is 11.7 Å². The van der Waals surface area contributed by atoms with Crippen LogP contribution in [0, 0.1) is 0 Å². The first-order valence-corrected chi connectivity index (χ1v) is 9.24. The van der Waals surface area contributed by atoms with Crippen molar-refractivity contribution >= 4 is 11.7 Å². The first kappa shape index (κ1) is 18.4. The lowest BCUT2D eigenvalue weighted by molar-refractivity contribution is 0.0950. The van der Waals surface area contributed by atoms with Gasteiger partial charge in [-0.1, -0.05) is 42.5 Å². The predicted octanol–water partition coefficient (Wildman–Crippen LogP) is 3.80. The number of hydrogen-bond acceptors (Lipinski definition) is 4. The van der Waals surface area contributed by atoms with Crippen LogP contribution in [0.5, 0.6) is 0 Å². The van der Waals surface area contributed by atoms with Crippen molar-refractivity contribution in [2.45, 2.75) is 6.54 Å². The molecule has 0 aliphatic carbocycles. The van der Waals surface area contributed by atoms with Crippen LogP contribution in [0.1, 0.15) is 26.3 Å². The van der Waals surface area contributed by atoms with E-state index < -0.39 is 0 Å². The summed E-state index contributed by atoms with van der Waals surface area (Å²) < 4.78 is 6.84. The SMILES string of the molecule is O=C(NCCn1cc(-c2ccoc2)cn1)c1ccc(C(=O)c2ccccc2)cc1. The van der Waals surface area contributed by atoms with Crippen LogP contribution in [0.15, 0.2) is 90.0 Å². The predicted molar refractivity (Wildman–Crippen MR) is 109 cm³/mol. The molecule has 1 N–H and O–H groups in total. The molecule has 0 aliphatic heterocycles. The molecule has 0 unspecified atom stereocenters. The van der Waals surface area contributed by atoms with E-state index >= 15 is 0 Å². The number of ketones is 1. The molecule has 2 aromatic carbocycles. The van der Waals surface area contributed by atoms with E-state index in [1.807, 2.05) is 30.5 Å². The lowest BCUT2D eigenvalue weighted by Gasteiger charge is -2.06. The van der Waals surface area contributed by atoms with Crippen LogP contribution in [0.4, 0.5) is 0 Å². The highest BCUT2D eigenvalue weighted by atomic mass is 16.3. The number of carbonyl (C=O) groups is 2. The van der Waals surface area contributed by atoms with Gasteiger partial charge in [-0.3, -0.25) is 14.3 Å². The smallest absolute Gasteiger partial charge is 0.251 e. The molecule has 0 fully saturated rings. The fraction of sp³-hybridized carbons (Fsp3) is 0.0870. The molecule has 0 spiro atoms. The molecule has 6 nitrogen and oxygen atoms in total. The molecule has 2 aromatic heterocycles. The van der Waals surface area contributed by atoms with Crippen molar-refractivity contribution in [3.05, 3.63) is 102 Å². The van der Waals surface area contributed by atoms with Crippen molar-refractivity contribution in [3.63, 3.8) is 0 Å². The van der Waals surface area contributed by atoms with Crippen molar-refractivity contribution in [1.29, 1.82) is 0 Å². The van der Waals surface area contributed by atoms with Gasteiger partial charge in [-0.2, -0.15) is 5.10 Å². The molecule has 0 radical (unpaired) electrons. The Morgan fingerprint density at radius 3 is 2.34 bits per heavy atom. The maximum absolute atomic E-state index is 12.4. The molecule has 0 saturated heterocycles. The molecule has 1 amide bonds. The zero-order valence-electron chi connectivity index (χ0n) is 15.6. The lowest BCUT2D eigenvalue weighted by atomic mass is 10.0. The van der Waals surface area contributed by atoms with Gasteiger partial charge in [-0.25, -0.2) is 0 Å². The number of rotatable bonds is 7. The quantitative estimate of drug-likeness (QED) is 0.491. The van der Waals surface area contributed by atoms with Gasteiger partial charge in [0.2, 0.25) is 0 Å². The topological polar surface area (TPSA) is 77.1 Å². The van der Waals surface area contributed by atoms with Gasteiger partial charge >= 0.3 is 0 Å². The summed E-state index contributed by atoms with van der Waals surface area (Å²) in [5.41, 5.74) is 3.61. The van der Waals surface area contributed by atoms with Gasteiger partial charge in [0, 0.05) is 40.6 Å². The number of amides is 1. The summed E-state index contributed by atoms with van der Waals surface area (Å²) in [6.45, 7) is 0.990. The minimum Gasteiger partial charge on any atom is -0.472 e. The van der Waals surface area contributed by atoms with Crippen LogP contribution in [-0.4, -0.2) is 28.0 Å². The summed E-state index contributed by atoms with van der Waals surface area (Å²) in [7, 11) is 0. The Kier molecular flexibility index (Phi) is 5.33. The van der Waals surface area contributed by atoms with E-state index in [2.05, 4.69) is 10.4 Å². The van der Waals surface area contributed by atoms with Gasteiger partial charge in [0.1, 0.15) is 0 Å². The molecule has 6 heteroatoms. The minimum absolute atomic E-state index is 0.0651. The summed E-state index contributed by atoms with van der Waals surface area (Å²) in [5.74, 6) is -0.254. The maximum Gasteiger partial charge on any atom is 0.251 e. The Labute approximate surface area is 167 Å². The Balaban J connectivity index is 1.31. The van der Waals surface area contributed by atoms with Crippen molar-refractivity contribution in [2.75, 3.05) is 6.54 Å². The van der Waals surface area contributed by atoms with E-state index in [0.717, 1.165) is 11.1 Å². The molecule has 0 saturated carbocycles. The Morgan fingerprint density at radius 1 is 0.897 bits per heavy atom. The summed E-state index contributed by atoms with van der Waals surface area (Å²) in [6, 6.07) is 17.6. The van der Waals surface area contributed by atoms with Gasteiger partial charge in [-0.15, -0.1) is 0 Å². The van der Waals surface area contributed by atoms with E-state index in [1.54, 1.807) is 59.8 Å². The van der Waals surface area contributed by atoms with Gasteiger partial charge < -0.3 is 9.73 Å². The second-order valence-electron chi connectivity index (χ2n) is 6.53. The Bertz CT molecular complexity index is 1100. The third-order valence-corrected chi connectivity index (χ3v) is 4.56. The van der Waals surface area contributed by atoms with E-state index in [4.69, 9.17) is 4.42 Å². The number of benzene rings is 2. The molecule has 4 rings (SSSR count). The van der Waals surface area contributed by atoms with Crippen LogP contribution in [0.2, 0.25) is 0 Å². The van der Waals surface area contributed by atoms with Crippen LogP contribution < -0.4 is 5.32 Å². The van der Waals surface area contributed by atoms with Gasteiger partial charge in [0.05, 0.1) is 25.3 Å². The number of hydrogen-bond donors (Lipinski definition) is 1. The van der Waals surface area contributed by atoms with Crippen LogP contribution >= 0.6 is 0 Å². The highest BCUT2D eigenvalue weighted by Gasteiger charge is 2.11. The third kappa shape index (κ3) is 4.32.